The maximum absolute atomic E-state index is 5.53. The molecule has 0 amide bonds. The van der Waals surface area contributed by atoms with E-state index in [4.69, 9.17) is 4.74 Å². The highest BCUT2D eigenvalue weighted by atomic mass is 16.5. The molecule has 15 heavy (non-hydrogen) atoms. The number of rotatable bonds is 4. The van der Waals surface area contributed by atoms with Crippen LogP contribution in [0.1, 0.15) is 27.2 Å². The molecule has 0 fully saturated rings. The van der Waals surface area contributed by atoms with Gasteiger partial charge in [0.15, 0.2) is 0 Å². The lowest BCUT2D eigenvalue weighted by atomic mass is 9.93. The largest absolute Gasteiger partial charge is 0.478 e. The Balaban J connectivity index is 2.44. The van der Waals surface area contributed by atoms with Crippen LogP contribution in [0.3, 0.4) is 0 Å². The first-order valence-corrected chi connectivity index (χ1v) is 5.14. The quantitative estimate of drug-likeness (QED) is 0.826. The summed E-state index contributed by atoms with van der Waals surface area (Å²) in [6.07, 6.45) is 2.50. The summed E-state index contributed by atoms with van der Waals surface area (Å²) in [5.74, 6) is 1.40. The minimum atomic E-state index is 0.291. The molecular weight excluding hydrogens is 190 g/mol. The predicted molar refractivity (Wildman–Crippen MR) is 61.1 cm³/mol. The number of hydrogen-bond acceptors (Lipinski definition) is 4. The summed E-state index contributed by atoms with van der Waals surface area (Å²) in [5.41, 5.74) is 0.291. The van der Waals surface area contributed by atoms with E-state index in [9.17, 15) is 0 Å². The standard InChI is InChI=1S/C11H19N3O/c1-11(2,3)5-6-15-10-7-9(12-4)13-8-14-10/h7-8H,5-6H2,1-4H3,(H,12,13,14). The average molecular weight is 209 g/mol. The van der Waals surface area contributed by atoms with Crippen LogP contribution >= 0.6 is 0 Å². The number of ether oxygens (including phenoxy) is 1. The fraction of sp³-hybridized carbons (Fsp3) is 0.636. The lowest BCUT2D eigenvalue weighted by Gasteiger charge is -2.17. The van der Waals surface area contributed by atoms with E-state index < -0.39 is 0 Å². The van der Waals surface area contributed by atoms with Gasteiger partial charge in [0.2, 0.25) is 5.88 Å². The van der Waals surface area contributed by atoms with E-state index in [-0.39, 0.29) is 0 Å². The minimum absolute atomic E-state index is 0.291. The zero-order chi connectivity index (χ0) is 11.3. The molecular formula is C11H19N3O. The first-order chi connectivity index (χ1) is 7.01. The molecule has 0 unspecified atom stereocenters. The molecule has 0 spiro atoms. The highest BCUT2D eigenvalue weighted by molar-refractivity contribution is 5.35. The number of aromatic nitrogens is 2. The maximum atomic E-state index is 5.53. The van der Waals surface area contributed by atoms with Gasteiger partial charge in [-0.25, -0.2) is 9.97 Å². The number of nitrogens with zero attached hydrogens (tertiary/aromatic N) is 2. The second-order valence-corrected chi connectivity index (χ2v) is 4.65. The van der Waals surface area contributed by atoms with Gasteiger partial charge >= 0.3 is 0 Å². The van der Waals surface area contributed by atoms with Gasteiger partial charge in [0.05, 0.1) is 6.61 Å². The Morgan fingerprint density at radius 1 is 1.33 bits per heavy atom. The van der Waals surface area contributed by atoms with Gasteiger partial charge < -0.3 is 10.1 Å². The summed E-state index contributed by atoms with van der Waals surface area (Å²) in [6, 6.07) is 1.79. The first kappa shape index (κ1) is 11.8. The van der Waals surface area contributed by atoms with Gasteiger partial charge in [-0.1, -0.05) is 20.8 Å². The Morgan fingerprint density at radius 2 is 2.07 bits per heavy atom. The van der Waals surface area contributed by atoms with Crippen LogP contribution in [0.25, 0.3) is 0 Å². The van der Waals surface area contributed by atoms with Gasteiger partial charge in [0.25, 0.3) is 0 Å². The molecule has 1 aromatic heterocycles. The lowest BCUT2D eigenvalue weighted by Crippen LogP contribution is -2.11. The predicted octanol–water partition coefficient (Wildman–Crippen LogP) is 2.33. The summed E-state index contributed by atoms with van der Waals surface area (Å²) >= 11 is 0. The first-order valence-electron chi connectivity index (χ1n) is 5.14. The van der Waals surface area contributed by atoms with Crippen molar-refractivity contribution in [2.75, 3.05) is 19.0 Å². The molecule has 0 aliphatic rings. The average Bonchev–Trinajstić information content (AvgIpc) is 2.16. The monoisotopic (exact) mass is 209 g/mol. The van der Waals surface area contributed by atoms with Crippen LogP contribution in [0.2, 0.25) is 0 Å². The van der Waals surface area contributed by atoms with Crippen molar-refractivity contribution in [3.63, 3.8) is 0 Å². The molecule has 1 aromatic rings. The maximum Gasteiger partial charge on any atom is 0.218 e. The molecule has 1 N–H and O–H groups in total. The lowest BCUT2D eigenvalue weighted by molar-refractivity contribution is 0.236. The fourth-order valence-electron chi connectivity index (χ4n) is 1.02. The highest BCUT2D eigenvalue weighted by Crippen LogP contribution is 2.19. The van der Waals surface area contributed by atoms with Crippen molar-refractivity contribution in [3.8, 4) is 5.88 Å². The smallest absolute Gasteiger partial charge is 0.218 e. The summed E-state index contributed by atoms with van der Waals surface area (Å²) in [5, 5.41) is 2.94. The van der Waals surface area contributed by atoms with E-state index in [1.54, 1.807) is 6.07 Å². The topological polar surface area (TPSA) is 47.0 Å². The molecule has 1 rings (SSSR count). The van der Waals surface area contributed by atoms with Crippen molar-refractivity contribution >= 4 is 5.82 Å². The Morgan fingerprint density at radius 3 is 2.67 bits per heavy atom. The van der Waals surface area contributed by atoms with Crippen LogP contribution in [0.15, 0.2) is 12.4 Å². The second-order valence-electron chi connectivity index (χ2n) is 4.65. The molecule has 0 aliphatic heterocycles. The van der Waals surface area contributed by atoms with Crippen LogP contribution < -0.4 is 10.1 Å². The number of hydrogen-bond donors (Lipinski definition) is 1. The molecule has 0 atom stereocenters. The van der Waals surface area contributed by atoms with E-state index in [2.05, 4.69) is 36.1 Å². The molecule has 1 heterocycles. The second kappa shape index (κ2) is 4.96. The van der Waals surface area contributed by atoms with Crippen LogP contribution in [0, 0.1) is 5.41 Å². The molecule has 0 saturated carbocycles. The third kappa shape index (κ3) is 4.63. The van der Waals surface area contributed by atoms with Crippen LogP contribution in [0.4, 0.5) is 5.82 Å². The molecule has 84 valence electrons. The number of nitrogens with one attached hydrogen (secondary N) is 1. The van der Waals surface area contributed by atoms with Gasteiger partial charge in [-0.2, -0.15) is 0 Å². The van der Waals surface area contributed by atoms with Crippen molar-refractivity contribution in [3.05, 3.63) is 12.4 Å². The summed E-state index contributed by atoms with van der Waals surface area (Å²) in [6.45, 7) is 7.25. The van der Waals surface area contributed by atoms with E-state index in [1.165, 1.54) is 6.33 Å². The highest BCUT2D eigenvalue weighted by Gasteiger charge is 2.10. The summed E-state index contributed by atoms with van der Waals surface area (Å²) in [4.78, 5) is 8.05. The summed E-state index contributed by atoms with van der Waals surface area (Å²) < 4.78 is 5.53. The third-order valence-corrected chi connectivity index (χ3v) is 2.00. The SMILES string of the molecule is CNc1cc(OCCC(C)(C)C)ncn1. The molecule has 0 aromatic carbocycles. The van der Waals surface area contributed by atoms with E-state index >= 15 is 0 Å². The molecule has 4 heteroatoms. The van der Waals surface area contributed by atoms with Gasteiger partial charge in [0.1, 0.15) is 12.1 Å². The van der Waals surface area contributed by atoms with Crippen molar-refractivity contribution in [1.29, 1.82) is 0 Å². The summed E-state index contributed by atoms with van der Waals surface area (Å²) in [7, 11) is 1.82. The van der Waals surface area contributed by atoms with Crippen LogP contribution in [0.5, 0.6) is 5.88 Å². The Bertz CT molecular complexity index is 307. The Labute approximate surface area is 91.1 Å². The fourth-order valence-corrected chi connectivity index (χ4v) is 1.02. The van der Waals surface area contributed by atoms with Crippen molar-refractivity contribution < 1.29 is 4.74 Å². The van der Waals surface area contributed by atoms with Gasteiger partial charge in [-0.05, 0) is 11.8 Å². The van der Waals surface area contributed by atoms with Crippen molar-refractivity contribution in [2.24, 2.45) is 5.41 Å². The van der Waals surface area contributed by atoms with E-state index in [0.717, 1.165) is 12.2 Å². The third-order valence-electron chi connectivity index (χ3n) is 2.00. The normalized spacial score (nSPS) is 11.2. The van der Waals surface area contributed by atoms with Crippen LogP contribution in [-0.2, 0) is 0 Å². The molecule has 0 bridgehead atoms. The van der Waals surface area contributed by atoms with Crippen LogP contribution in [-0.4, -0.2) is 23.6 Å². The Hall–Kier alpha value is -1.32. The van der Waals surface area contributed by atoms with Crippen molar-refractivity contribution in [1.82, 2.24) is 9.97 Å². The van der Waals surface area contributed by atoms with E-state index in [0.29, 0.717) is 17.9 Å². The van der Waals surface area contributed by atoms with Crippen molar-refractivity contribution in [2.45, 2.75) is 27.2 Å². The zero-order valence-electron chi connectivity index (χ0n) is 9.87. The molecule has 0 saturated heterocycles. The zero-order valence-corrected chi connectivity index (χ0v) is 9.87. The molecule has 4 nitrogen and oxygen atoms in total. The van der Waals surface area contributed by atoms with E-state index in [1.807, 2.05) is 7.05 Å². The minimum Gasteiger partial charge on any atom is -0.478 e. The molecule has 0 radical (unpaired) electrons. The van der Waals surface area contributed by atoms with Gasteiger partial charge in [0, 0.05) is 13.1 Å². The van der Waals surface area contributed by atoms with Gasteiger partial charge in [-0.15, -0.1) is 0 Å². The number of anilines is 1. The molecule has 0 aliphatic carbocycles. The Kier molecular flexibility index (Phi) is 3.88. The van der Waals surface area contributed by atoms with Gasteiger partial charge in [-0.3, -0.25) is 0 Å².